The Bertz CT molecular complexity index is 665. The van der Waals surface area contributed by atoms with E-state index >= 15 is 0 Å². The fourth-order valence-electron chi connectivity index (χ4n) is 1.65. The number of aromatic nitrogens is 2. The predicted octanol–water partition coefficient (Wildman–Crippen LogP) is 1.60. The first-order valence-electron chi connectivity index (χ1n) is 5.65. The second-order valence-electron chi connectivity index (χ2n) is 4.24. The second-order valence-corrected chi connectivity index (χ2v) is 5.96. The SMILES string of the molecule is C[C@H](NS(=O)(=O)c1ccc(F)cc1)c1cnn(C)c1. The van der Waals surface area contributed by atoms with Crippen LogP contribution < -0.4 is 4.72 Å². The van der Waals surface area contributed by atoms with E-state index in [4.69, 9.17) is 0 Å². The first kappa shape index (κ1) is 13.7. The molecule has 0 radical (unpaired) electrons. The minimum atomic E-state index is -3.67. The van der Waals surface area contributed by atoms with Crippen LogP contribution in [0.1, 0.15) is 18.5 Å². The maximum Gasteiger partial charge on any atom is 0.241 e. The Balaban J connectivity index is 2.19. The highest BCUT2D eigenvalue weighted by Crippen LogP contribution is 2.16. The van der Waals surface area contributed by atoms with Crippen molar-refractivity contribution in [1.82, 2.24) is 14.5 Å². The Hall–Kier alpha value is -1.73. The van der Waals surface area contributed by atoms with Crippen molar-refractivity contribution < 1.29 is 12.8 Å². The number of hydrogen-bond donors (Lipinski definition) is 1. The van der Waals surface area contributed by atoms with Gasteiger partial charge in [0.2, 0.25) is 10.0 Å². The van der Waals surface area contributed by atoms with Crippen LogP contribution in [0.25, 0.3) is 0 Å². The highest BCUT2D eigenvalue weighted by molar-refractivity contribution is 7.89. The molecule has 0 aliphatic rings. The lowest BCUT2D eigenvalue weighted by Gasteiger charge is -2.12. The summed E-state index contributed by atoms with van der Waals surface area (Å²) < 4.78 is 41.0. The van der Waals surface area contributed by atoms with Gasteiger partial charge in [-0.2, -0.15) is 5.10 Å². The first-order valence-corrected chi connectivity index (χ1v) is 7.13. The average Bonchev–Trinajstić information content (AvgIpc) is 2.76. The highest BCUT2D eigenvalue weighted by atomic mass is 32.2. The smallest absolute Gasteiger partial charge is 0.241 e. The standard InChI is InChI=1S/C12H14FN3O2S/c1-9(10-7-14-16(2)8-10)15-19(17,18)12-5-3-11(13)4-6-12/h3-9,15H,1-2H3/t9-/m0/s1. The molecular weight excluding hydrogens is 269 g/mol. The van der Waals surface area contributed by atoms with Crippen LogP contribution in [0.2, 0.25) is 0 Å². The van der Waals surface area contributed by atoms with Crippen LogP contribution in [0.3, 0.4) is 0 Å². The van der Waals surface area contributed by atoms with Gasteiger partial charge in [0.15, 0.2) is 0 Å². The largest absolute Gasteiger partial charge is 0.275 e. The average molecular weight is 283 g/mol. The van der Waals surface area contributed by atoms with E-state index in [2.05, 4.69) is 9.82 Å². The van der Waals surface area contributed by atoms with Crippen molar-refractivity contribution in [3.63, 3.8) is 0 Å². The Kier molecular flexibility index (Phi) is 3.68. The summed E-state index contributed by atoms with van der Waals surface area (Å²) in [5.41, 5.74) is 0.758. The minimum Gasteiger partial charge on any atom is -0.275 e. The van der Waals surface area contributed by atoms with E-state index < -0.39 is 21.9 Å². The molecule has 2 rings (SSSR count). The van der Waals surface area contributed by atoms with Gasteiger partial charge in [-0.3, -0.25) is 4.68 Å². The molecule has 0 aliphatic carbocycles. The molecule has 1 atom stereocenters. The molecule has 0 spiro atoms. The van der Waals surface area contributed by atoms with Gasteiger partial charge in [0.1, 0.15) is 5.82 Å². The second kappa shape index (κ2) is 5.10. The van der Waals surface area contributed by atoms with Gasteiger partial charge in [-0.1, -0.05) is 0 Å². The van der Waals surface area contributed by atoms with Gasteiger partial charge >= 0.3 is 0 Å². The number of nitrogens with one attached hydrogen (secondary N) is 1. The monoisotopic (exact) mass is 283 g/mol. The maximum atomic E-state index is 12.8. The lowest BCUT2D eigenvalue weighted by Crippen LogP contribution is -2.26. The maximum absolute atomic E-state index is 12.8. The van der Waals surface area contributed by atoms with Gasteiger partial charge in [0, 0.05) is 24.8 Å². The Morgan fingerprint density at radius 2 is 1.95 bits per heavy atom. The molecule has 0 saturated carbocycles. The minimum absolute atomic E-state index is 0.0321. The zero-order valence-electron chi connectivity index (χ0n) is 10.5. The van der Waals surface area contributed by atoms with Gasteiger partial charge in [-0.15, -0.1) is 0 Å². The van der Waals surface area contributed by atoms with Crippen molar-refractivity contribution in [2.45, 2.75) is 17.9 Å². The molecule has 5 nitrogen and oxygen atoms in total. The lowest BCUT2D eigenvalue weighted by molar-refractivity contribution is 0.566. The van der Waals surface area contributed by atoms with E-state index in [9.17, 15) is 12.8 Å². The first-order chi connectivity index (χ1) is 8.88. The van der Waals surface area contributed by atoms with Crippen molar-refractivity contribution in [2.24, 2.45) is 7.05 Å². The van der Waals surface area contributed by atoms with Gasteiger partial charge in [-0.05, 0) is 31.2 Å². The molecular formula is C12H14FN3O2S. The number of hydrogen-bond acceptors (Lipinski definition) is 3. The highest BCUT2D eigenvalue weighted by Gasteiger charge is 2.19. The van der Waals surface area contributed by atoms with Gasteiger partial charge < -0.3 is 0 Å². The molecule has 1 N–H and O–H groups in total. The van der Waals surface area contributed by atoms with Gasteiger partial charge in [-0.25, -0.2) is 17.5 Å². The molecule has 0 unspecified atom stereocenters. The molecule has 0 fully saturated rings. The summed E-state index contributed by atoms with van der Waals surface area (Å²) >= 11 is 0. The fraction of sp³-hybridized carbons (Fsp3) is 0.250. The van der Waals surface area contributed by atoms with Crippen molar-refractivity contribution in [3.8, 4) is 0 Å². The lowest BCUT2D eigenvalue weighted by atomic mass is 10.2. The van der Waals surface area contributed by atoms with Gasteiger partial charge in [0.25, 0.3) is 0 Å². The third-order valence-electron chi connectivity index (χ3n) is 2.68. The molecule has 1 heterocycles. The van der Waals surface area contributed by atoms with E-state index in [0.29, 0.717) is 0 Å². The molecule has 1 aromatic heterocycles. The van der Waals surface area contributed by atoms with Crippen LogP contribution in [0.15, 0.2) is 41.6 Å². The fourth-order valence-corrected chi connectivity index (χ4v) is 2.88. The summed E-state index contributed by atoms with van der Waals surface area (Å²) in [4.78, 5) is 0.0321. The van der Waals surface area contributed by atoms with Crippen molar-refractivity contribution in [1.29, 1.82) is 0 Å². The third kappa shape index (κ3) is 3.18. The Morgan fingerprint density at radius 3 is 2.47 bits per heavy atom. The zero-order chi connectivity index (χ0) is 14.0. The van der Waals surface area contributed by atoms with Crippen LogP contribution in [0.5, 0.6) is 0 Å². The molecule has 0 saturated heterocycles. The number of rotatable bonds is 4. The Labute approximate surface area is 111 Å². The number of halogens is 1. The summed E-state index contributed by atoms with van der Waals surface area (Å²) in [7, 11) is -1.91. The van der Waals surface area contributed by atoms with Crippen LogP contribution >= 0.6 is 0 Å². The van der Waals surface area contributed by atoms with E-state index in [-0.39, 0.29) is 4.90 Å². The van der Waals surface area contributed by atoms with Crippen molar-refractivity contribution >= 4 is 10.0 Å². The summed E-state index contributed by atoms with van der Waals surface area (Å²) in [6, 6.07) is 4.28. The summed E-state index contributed by atoms with van der Waals surface area (Å²) in [5.74, 6) is -0.473. The summed E-state index contributed by atoms with van der Waals surface area (Å²) in [6.45, 7) is 1.72. The molecule has 0 bridgehead atoms. The van der Waals surface area contributed by atoms with Crippen molar-refractivity contribution in [3.05, 3.63) is 48.0 Å². The summed E-state index contributed by atoms with van der Waals surface area (Å²) in [6.07, 6.45) is 3.33. The molecule has 1 aromatic carbocycles. The molecule has 7 heteroatoms. The molecule has 0 aliphatic heterocycles. The van der Waals surface area contributed by atoms with Crippen LogP contribution in [-0.4, -0.2) is 18.2 Å². The van der Waals surface area contributed by atoms with E-state index in [1.807, 2.05) is 0 Å². The number of sulfonamides is 1. The number of benzene rings is 1. The molecule has 19 heavy (non-hydrogen) atoms. The normalized spacial score (nSPS) is 13.4. The van der Waals surface area contributed by atoms with Crippen LogP contribution in [-0.2, 0) is 17.1 Å². The van der Waals surface area contributed by atoms with E-state index in [0.717, 1.165) is 17.7 Å². The molecule has 2 aromatic rings. The van der Waals surface area contributed by atoms with Crippen molar-refractivity contribution in [2.75, 3.05) is 0 Å². The molecule has 0 amide bonds. The summed E-state index contributed by atoms with van der Waals surface area (Å²) in [5, 5.41) is 3.98. The van der Waals surface area contributed by atoms with Crippen LogP contribution in [0, 0.1) is 5.82 Å². The van der Waals surface area contributed by atoms with E-state index in [1.54, 1.807) is 31.0 Å². The molecule has 102 valence electrons. The third-order valence-corrected chi connectivity index (χ3v) is 4.24. The Morgan fingerprint density at radius 1 is 1.32 bits per heavy atom. The quantitative estimate of drug-likeness (QED) is 0.927. The number of aryl methyl sites for hydroxylation is 1. The number of nitrogens with zero attached hydrogens (tertiary/aromatic N) is 2. The predicted molar refractivity (Wildman–Crippen MR) is 68.3 cm³/mol. The van der Waals surface area contributed by atoms with Gasteiger partial charge in [0.05, 0.1) is 11.1 Å². The zero-order valence-corrected chi connectivity index (χ0v) is 11.4. The van der Waals surface area contributed by atoms with E-state index in [1.165, 1.54) is 12.1 Å². The van der Waals surface area contributed by atoms with Crippen LogP contribution in [0.4, 0.5) is 4.39 Å². The topological polar surface area (TPSA) is 64.0 Å².